The van der Waals surface area contributed by atoms with Crippen molar-refractivity contribution in [2.45, 2.75) is 29.3 Å². The molecule has 0 bridgehead atoms. The molecule has 4 aromatic rings. The Morgan fingerprint density at radius 3 is 2.32 bits per heavy atom. The number of fused-ring (bicyclic) bond motifs is 1. The first-order valence-corrected chi connectivity index (χ1v) is 13.2. The fourth-order valence-corrected chi connectivity index (χ4v) is 5.68. The lowest BCUT2D eigenvalue weighted by Crippen LogP contribution is -2.46. The van der Waals surface area contributed by atoms with Crippen molar-refractivity contribution in [3.05, 3.63) is 66.4 Å². The molecular weight excluding hydrogens is 517 g/mol. The van der Waals surface area contributed by atoms with Crippen LogP contribution >= 0.6 is 0 Å². The second-order valence-corrected chi connectivity index (χ2v) is 10.5. The summed E-state index contributed by atoms with van der Waals surface area (Å²) in [4.78, 5) is 16.2. The number of anilines is 1. The minimum atomic E-state index is -4.95. The summed E-state index contributed by atoms with van der Waals surface area (Å²) in [6, 6.07) is 14.8. The number of alkyl halides is 3. The maximum atomic E-state index is 13.2. The normalized spacial score (nSPS) is 15.6. The van der Waals surface area contributed by atoms with Crippen molar-refractivity contribution in [2.75, 3.05) is 25.0 Å². The van der Waals surface area contributed by atoms with Crippen molar-refractivity contribution in [1.29, 1.82) is 0 Å². The van der Waals surface area contributed by atoms with Crippen LogP contribution in [0.1, 0.15) is 23.2 Å². The molecule has 1 unspecified atom stereocenters. The van der Waals surface area contributed by atoms with Crippen molar-refractivity contribution >= 4 is 33.3 Å². The zero-order chi connectivity index (χ0) is 27.0. The van der Waals surface area contributed by atoms with Gasteiger partial charge in [0.25, 0.3) is 5.91 Å². The standard InChI is InChI=1S/C26H25F3N6O2S/c1-33(25(36)20-9-5-6-10-22(20)38(37)26(27,28)29)17-12-15-35(16-13-17)24-19-8-4-3-7-18(19)23(31-32-24)21-11-14-30-34(21)2/h3-11,14,17H,12-13,15-16H2,1-2H3. The van der Waals surface area contributed by atoms with Gasteiger partial charge in [0.1, 0.15) is 5.69 Å². The molecule has 1 saturated heterocycles. The third kappa shape index (κ3) is 4.75. The number of hydrogen-bond acceptors (Lipinski definition) is 6. The molecular formula is C26H25F3N6O2S. The molecule has 3 heterocycles. The van der Waals surface area contributed by atoms with Crippen LogP contribution in [-0.4, -0.2) is 66.7 Å². The van der Waals surface area contributed by atoms with Gasteiger partial charge in [-0.25, -0.2) is 4.21 Å². The number of amides is 1. The number of rotatable bonds is 5. The topological polar surface area (TPSA) is 84.2 Å². The van der Waals surface area contributed by atoms with Gasteiger partial charge in [-0.3, -0.25) is 9.48 Å². The Bertz CT molecular complexity index is 1510. The van der Waals surface area contributed by atoms with Gasteiger partial charge in [0.2, 0.25) is 0 Å². The van der Waals surface area contributed by atoms with Gasteiger partial charge < -0.3 is 9.80 Å². The molecule has 1 aliphatic heterocycles. The Balaban J connectivity index is 1.35. The van der Waals surface area contributed by atoms with E-state index in [-0.39, 0.29) is 11.6 Å². The number of piperidine rings is 1. The summed E-state index contributed by atoms with van der Waals surface area (Å²) in [5.41, 5.74) is -3.56. The third-order valence-corrected chi connectivity index (χ3v) is 8.07. The van der Waals surface area contributed by atoms with E-state index in [0.717, 1.165) is 34.0 Å². The summed E-state index contributed by atoms with van der Waals surface area (Å²) in [6.45, 7) is 1.17. The number of hydrogen-bond donors (Lipinski definition) is 0. The first kappa shape index (κ1) is 25.8. The largest absolute Gasteiger partial charge is 0.475 e. The number of carbonyl (C=O) groups excluding carboxylic acids is 1. The summed E-state index contributed by atoms with van der Waals surface area (Å²) in [5.74, 6) is 0.160. The summed E-state index contributed by atoms with van der Waals surface area (Å²) in [7, 11) is 0.136. The molecule has 38 heavy (non-hydrogen) atoms. The summed E-state index contributed by atoms with van der Waals surface area (Å²) < 4.78 is 53.1. The molecule has 12 heteroatoms. The summed E-state index contributed by atoms with van der Waals surface area (Å²) in [6.07, 6.45) is 2.89. The summed E-state index contributed by atoms with van der Waals surface area (Å²) >= 11 is 0. The molecule has 0 aliphatic carbocycles. The van der Waals surface area contributed by atoms with Gasteiger partial charge in [-0.15, -0.1) is 10.2 Å². The van der Waals surface area contributed by atoms with Crippen molar-refractivity contribution in [3.63, 3.8) is 0 Å². The second kappa shape index (κ2) is 10.2. The van der Waals surface area contributed by atoms with Crippen LogP contribution in [0.2, 0.25) is 0 Å². The average molecular weight is 543 g/mol. The number of aryl methyl sites for hydroxylation is 1. The molecule has 5 rings (SSSR count). The van der Waals surface area contributed by atoms with E-state index in [1.165, 1.54) is 23.1 Å². The number of benzene rings is 2. The van der Waals surface area contributed by atoms with E-state index in [9.17, 15) is 22.2 Å². The first-order valence-electron chi connectivity index (χ1n) is 12.0. The lowest BCUT2D eigenvalue weighted by Gasteiger charge is -2.37. The highest BCUT2D eigenvalue weighted by Crippen LogP contribution is 2.33. The van der Waals surface area contributed by atoms with Crippen LogP contribution in [0.4, 0.5) is 19.0 Å². The number of halogens is 3. The van der Waals surface area contributed by atoms with E-state index in [2.05, 4.69) is 20.2 Å². The Hall–Kier alpha value is -3.80. The Kier molecular flexibility index (Phi) is 6.91. The average Bonchev–Trinajstić information content (AvgIpc) is 3.36. The van der Waals surface area contributed by atoms with E-state index >= 15 is 0 Å². The van der Waals surface area contributed by atoms with Crippen molar-refractivity contribution in [2.24, 2.45) is 7.05 Å². The van der Waals surface area contributed by atoms with Gasteiger partial charge in [-0.05, 0) is 31.0 Å². The maximum absolute atomic E-state index is 13.2. The first-order chi connectivity index (χ1) is 18.2. The van der Waals surface area contributed by atoms with E-state index in [4.69, 9.17) is 0 Å². The van der Waals surface area contributed by atoms with Gasteiger partial charge in [0.05, 0.1) is 16.2 Å². The predicted octanol–water partition coefficient (Wildman–Crippen LogP) is 4.40. The Labute approximate surface area is 219 Å². The zero-order valence-corrected chi connectivity index (χ0v) is 21.5. The predicted molar refractivity (Wildman–Crippen MR) is 138 cm³/mol. The van der Waals surface area contributed by atoms with Crippen LogP contribution in [0.5, 0.6) is 0 Å². The van der Waals surface area contributed by atoms with Crippen molar-refractivity contribution < 1.29 is 22.2 Å². The van der Waals surface area contributed by atoms with Gasteiger partial charge in [-0.1, -0.05) is 36.4 Å². The van der Waals surface area contributed by atoms with Gasteiger partial charge in [0, 0.05) is 50.2 Å². The molecule has 198 valence electrons. The van der Waals surface area contributed by atoms with Crippen LogP contribution in [0.3, 0.4) is 0 Å². The van der Waals surface area contributed by atoms with Crippen LogP contribution in [-0.2, 0) is 17.8 Å². The van der Waals surface area contributed by atoms with E-state index in [0.29, 0.717) is 25.9 Å². The highest BCUT2D eigenvalue weighted by molar-refractivity contribution is 7.86. The van der Waals surface area contributed by atoms with E-state index in [1.807, 2.05) is 37.4 Å². The number of nitrogens with zero attached hydrogens (tertiary/aromatic N) is 6. The minimum absolute atomic E-state index is 0.195. The molecule has 8 nitrogen and oxygen atoms in total. The maximum Gasteiger partial charge on any atom is 0.475 e. The third-order valence-electron chi connectivity index (χ3n) is 6.89. The van der Waals surface area contributed by atoms with Crippen LogP contribution in [0, 0.1) is 0 Å². The highest BCUT2D eigenvalue weighted by atomic mass is 32.2. The van der Waals surface area contributed by atoms with Crippen LogP contribution < -0.4 is 4.90 Å². The van der Waals surface area contributed by atoms with Gasteiger partial charge >= 0.3 is 5.51 Å². The SMILES string of the molecule is CN(C(=O)c1ccccc1S(=O)C(F)(F)F)C1CCN(c2nnc(-c3ccnn3C)c3ccccc23)CC1. The second-order valence-electron chi connectivity index (χ2n) is 9.10. The molecule has 1 atom stereocenters. The molecule has 0 N–H and O–H groups in total. The quantitative estimate of drug-likeness (QED) is 0.372. The van der Waals surface area contributed by atoms with Crippen molar-refractivity contribution in [3.8, 4) is 11.4 Å². The molecule has 2 aromatic carbocycles. The molecule has 0 spiro atoms. The Morgan fingerprint density at radius 2 is 1.66 bits per heavy atom. The molecule has 1 amide bonds. The number of carbonyl (C=O) groups is 1. The lowest BCUT2D eigenvalue weighted by atomic mass is 10.0. The fraction of sp³-hybridized carbons (Fsp3) is 0.308. The van der Waals surface area contributed by atoms with Gasteiger partial charge in [-0.2, -0.15) is 18.3 Å². The number of aromatic nitrogens is 4. The lowest BCUT2D eigenvalue weighted by molar-refractivity contribution is -0.0384. The zero-order valence-electron chi connectivity index (χ0n) is 20.7. The Morgan fingerprint density at radius 1 is 1.00 bits per heavy atom. The summed E-state index contributed by atoms with van der Waals surface area (Å²) in [5, 5.41) is 15.2. The van der Waals surface area contributed by atoms with Crippen molar-refractivity contribution in [1.82, 2.24) is 24.9 Å². The molecule has 1 fully saturated rings. The van der Waals surface area contributed by atoms with E-state index in [1.54, 1.807) is 17.9 Å². The fourth-order valence-electron chi connectivity index (χ4n) is 4.87. The molecule has 0 radical (unpaired) electrons. The highest BCUT2D eigenvalue weighted by Gasteiger charge is 2.40. The van der Waals surface area contributed by atoms with Crippen LogP contribution in [0.15, 0.2) is 65.7 Å². The molecule has 2 aromatic heterocycles. The molecule has 0 saturated carbocycles. The monoisotopic (exact) mass is 542 g/mol. The minimum Gasteiger partial charge on any atom is -0.354 e. The molecule has 1 aliphatic rings. The van der Waals surface area contributed by atoms with Gasteiger partial charge in [0.15, 0.2) is 16.6 Å². The smallest absolute Gasteiger partial charge is 0.354 e. The van der Waals surface area contributed by atoms with E-state index < -0.39 is 27.1 Å². The van der Waals surface area contributed by atoms with Crippen LogP contribution in [0.25, 0.3) is 22.2 Å².